The van der Waals surface area contributed by atoms with Crippen LogP contribution in [-0.4, -0.2) is 44.0 Å². The van der Waals surface area contributed by atoms with E-state index in [1.165, 1.54) is 35.7 Å². The van der Waals surface area contributed by atoms with Crippen LogP contribution in [0.3, 0.4) is 0 Å². The first kappa shape index (κ1) is 15.2. The van der Waals surface area contributed by atoms with Crippen LogP contribution in [0.15, 0.2) is 5.16 Å². The lowest BCUT2D eigenvalue weighted by Crippen LogP contribution is -2.42. The predicted molar refractivity (Wildman–Crippen MR) is 79.9 cm³/mol. The number of aryl methyl sites for hydroxylation is 1. The van der Waals surface area contributed by atoms with Crippen LogP contribution in [0.2, 0.25) is 0 Å². The van der Waals surface area contributed by atoms with E-state index in [4.69, 9.17) is 5.84 Å². The van der Waals surface area contributed by atoms with E-state index < -0.39 is 0 Å². The number of carbonyl (C=O) groups excluding carboxylic acids is 1. The van der Waals surface area contributed by atoms with Crippen molar-refractivity contribution in [2.75, 3.05) is 12.9 Å². The minimum Gasteiger partial charge on any atom is -0.342 e. The first-order chi connectivity index (χ1) is 9.50. The smallest absolute Gasteiger partial charge is 0.235 e. The maximum absolute atomic E-state index is 12.5. The molecule has 0 radical (unpaired) electrons. The van der Waals surface area contributed by atoms with Crippen molar-refractivity contribution in [1.82, 2.24) is 19.8 Å². The molecule has 6 nitrogen and oxygen atoms in total. The molecular formula is C13H23N5OS. The zero-order valence-electron chi connectivity index (χ0n) is 12.4. The van der Waals surface area contributed by atoms with E-state index in [2.05, 4.69) is 10.2 Å². The van der Waals surface area contributed by atoms with Gasteiger partial charge in [-0.2, -0.15) is 0 Å². The first-order valence-electron chi connectivity index (χ1n) is 7.11. The van der Waals surface area contributed by atoms with Crippen molar-refractivity contribution >= 4 is 17.7 Å². The Balaban J connectivity index is 1.95. The van der Waals surface area contributed by atoms with Crippen molar-refractivity contribution < 1.29 is 4.79 Å². The Morgan fingerprint density at radius 2 is 2.05 bits per heavy atom. The Bertz CT molecular complexity index is 469. The van der Waals surface area contributed by atoms with Gasteiger partial charge in [0, 0.05) is 13.1 Å². The predicted octanol–water partition coefficient (Wildman–Crippen LogP) is 1.57. The minimum atomic E-state index is -0.201. The van der Waals surface area contributed by atoms with Gasteiger partial charge >= 0.3 is 0 Å². The van der Waals surface area contributed by atoms with Crippen molar-refractivity contribution in [3.8, 4) is 0 Å². The van der Waals surface area contributed by atoms with Crippen LogP contribution in [0.25, 0.3) is 0 Å². The Hall–Kier alpha value is -1.24. The average Bonchev–Trinajstić information content (AvgIpc) is 2.78. The van der Waals surface area contributed by atoms with Crippen LogP contribution in [0.4, 0.5) is 0 Å². The number of hydrogen-bond donors (Lipinski definition) is 1. The molecular weight excluding hydrogens is 274 g/mol. The number of rotatable bonds is 4. The van der Waals surface area contributed by atoms with Crippen molar-refractivity contribution in [2.45, 2.75) is 62.4 Å². The molecule has 1 atom stereocenters. The summed E-state index contributed by atoms with van der Waals surface area (Å²) in [5.41, 5.74) is 0. The van der Waals surface area contributed by atoms with Gasteiger partial charge in [-0.15, -0.1) is 10.2 Å². The molecule has 1 aliphatic carbocycles. The Kier molecular flexibility index (Phi) is 4.91. The lowest BCUT2D eigenvalue weighted by Gasteiger charge is -2.32. The highest BCUT2D eigenvalue weighted by molar-refractivity contribution is 8.00. The fourth-order valence-corrected chi connectivity index (χ4v) is 3.49. The zero-order chi connectivity index (χ0) is 14.7. The lowest BCUT2D eigenvalue weighted by atomic mass is 9.94. The third kappa shape index (κ3) is 3.26. The largest absolute Gasteiger partial charge is 0.342 e. The van der Waals surface area contributed by atoms with Gasteiger partial charge in [-0.25, -0.2) is 4.68 Å². The molecule has 1 heterocycles. The SMILES string of the molecule is Cc1nnc(S[C@@H](C)C(=O)N(C)C2CCCCC2)n1N. The number of nitrogens with zero attached hydrogens (tertiary/aromatic N) is 4. The van der Waals surface area contributed by atoms with Crippen LogP contribution in [-0.2, 0) is 4.79 Å². The Morgan fingerprint density at radius 1 is 1.40 bits per heavy atom. The van der Waals surface area contributed by atoms with E-state index in [0.29, 0.717) is 17.0 Å². The summed E-state index contributed by atoms with van der Waals surface area (Å²) in [4.78, 5) is 14.4. The van der Waals surface area contributed by atoms with Gasteiger partial charge in [0.05, 0.1) is 5.25 Å². The number of aromatic nitrogens is 3. The summed E-state index contributed by atoms with van der Waals surface area (Å²) in [6.07, 6.45) is 5.97. The fourth-order valence-electron chi connectivity index (χ4n) is 2.57. The summed E-state index contributed by atoms with van der Waals surface area (Å²) in [5.74, 6) is 6.60. The molecule has 20 heavy (non-hydrogen) atoms. The molecule has 0 aromatic carbocycles. The quantitative estimate of drug-likeness (QED) is 0.674. The molecule has 0 unspecified atom stereocenters. The van der Waals surface area contributed by atoms with E-state index >= 15 is 0 Å². The number of amides is 1. The molecule has 2 N–H and O–H groups in total. The van der Waals surface area contributed by atoms with Crippen LogP contribution < -0.4 is 5.84 Å². The molecule has 112 valence electrons. The molecule has 0 bridgehead atoms. The van der Waals surface area contributed by atoms with Gasteiger partial charge in [-0.1, -0.05) is 31.0 Å². The molecule has 1 aromatic rings. The molecule has 0 spiro atoms. The summed E-state index contributed by atoms with van der Waals surface area (Å²) in [6.45, 7) is 3.69. The van der Waals surface area contributed by atoms with Gasteiger partial charge in [-0.05, 0) is 26.7 Å². The minimum absolute atomic E-state index is 0.141. The van der Waals surface area contributed by atoms with Crippen LogP contribution in [0, 0.1) is 6.92 Å². The monoisotopic (exact) mass is 297 g/mol. The standard InChI is InChI=1S/C13H23N5OS/c1-9(20-13-16-15-10(2)18(13)14)12(19)17(3)11-7-5-4-6-8-11/h9,11H,4-8,14H2,1-3H3/t9-/m0/s1. The summed E-state index contributed by atoms with van der Waals surface area (Å²) < 4.78 is 1.43. The lowest BCUT2D eigenvalue weighted by molar-refractivity contribution is -0.131. The number of nitrogen functional groups attached to an aromatic ring is 1. The van der Waals surface area contributed by atoms with E-state index in [1.807, 2.05) is 18.9 Å². The maximum atomic E-state index is 12.5. The number of nitrogens with two attached hydrogens (primary N) is 1. The maximum Gasteiger partial charge on any atom is 0.235 e. The molecule has 0 aliphatic heterocycles. The normalized spacial score (nSPS) is 17.9. The Labute approximate surface area is 124 Å². The summed E-state index contributed by atoms with van der Waals surface area (Å²) in [5, 5.41) is 8.28. The third-order valence-corrected chi connectivity index (χ3v) is 4.98. The Morgan fingerprint density at radius 3 is 2.60 bits per heavy atom. The van der Waals surface area contributed by atoms with Crippen LogP contribution in [0.5, 0.6) is 0 Å². The molecule has 1 saturated carbocycles. The van der Waals surface area contributed by atoms with Crippen molar-refractivity contribution in [3.05, 3.63) is 5.82 Å². The van der Waals surface area contributed by atoms with Gasteiger partial charge < -0.3 is 10.7 Å². The summed E-state index contributed by atoms with van der Waals surface area (Å²) >= 11 is 1.36. The average molecular weight is 297 g/mol. The topological polar surface area (TPSA) is 77.0 Å². The molecule has 1 aromatic heterocycles. The second-order valence-corrected chi connectivity index (χ2v) is 6.71. The number of carbonyl (C=O) groups is 1. The fraction of sp³-hybridized carbons (Fsp3) is 0.769. The number of hydrogen-bond acceptors (Lipinski definition) is 5. The van der Waals surface area contributed by atoms with Crippen molar-refractivity contribution in [2.24, 2.45) is 0 Å². The summed E-state index contributed by atoms with van der Waals surface area (Å²) in [7, 11) is 1.91. The molecule has 2 rings (SSSR count). The molecule has 0 saturated heterocycles. The van der Waals surface area contributed by atoms with Gasteiger partial charge in [0.25, 0.3) is 0 Å². The second-order valence-electron chi connectivity index (χ2n) is 5.40. The van der Waals surface area contributed by atoms with Gasteiger partial charge in [0.2, 0.25) is 11.1 Å². The van der Waals surface area contributed by atoms with E-state index in [1.54, 1.807) is 6.92 Å². The van der Waals surface area contributed by atoms with Gasteiger partial charge in [0.1, 0.15) is 5.82 Å². The molecule has 7 heteroatoms. The van der Waals surface area contributed by atoms with Crippen molar-refractivity contribution in [1.29, 1.82) is 0 Å². The highest BCUT2D eigenvalue weighted by Crippen LogP contribution is 2.26. The van der Waals surface area contributed by atoms with E-state index in [9.17, 15) is 4.79 Å². The first-order valence-corrected chi connectivity index (χ1v) is 7.99. The van der Waals surface area contributed by atoms with Crippen LogP contribution in [0.1, 0.15) is 44.9 Å². The van der Waals surface area contributed by atoms with E-state index in [0.717, 1.165) is 12.8 Å². The van der Waals surface area contributed by atoms with Crippen molar-refractivity contribution in [3.63, 3.8) is 0 Å². The van der Waals surface area contributed by atoms with Crippen LogP contribution >= 0.6 is 11.8 Å². The third-order valence-electron chi connectivity index (χ3n) is 3.93. The second kappa shape index (κ2) is 6.47. The van der Waals surface area contributed by atoms with Gasteiger partial charge in [0.15, 0.2) is 0 Å². The highest BCUT2D eigenvalue weighted by Gasteiger charge is 2.27. The van der Waals surface area contributed by atoms with E-state index in [-0.39, 0.29) is 11.2 Å². The zero-order valence-corrected chi connectivity index (χ0v) is 13.2. The molecule has 1 aliphatic rings. The molecule has 1 fully saturated rings. The van der Waals surface area contributed by atoms with Gasteiger partial charge in [-0.3, -0.25) is 4.79 Å². The molecule has 1 amide bonds. The summed E-state index contributed by atoms with van der Waals surface area (Å²) in [6, 6.07) is 0.386. The highest BCUT2D eigenvalue weighted by atomic mass is 32.2. The number of thioether (sulfide) groups is 1.